The van der Waals surface area contributed by atoms with Gasteiger partial charge in [0.1, 0.15) is 5.60 Å². The number of fused-ring (bicyclic) bond motifs is 1. The lowest BCUT2D eigenvalue weighted by molar-refractivity contribution is 0.0666. The maximum atomic E-state index is 13.5. The zero-order valence-electron chi connectivity index (χ0n) is 14.2. The molecule has 0 radical (unpaired) electrons. The Morgan fingerprint density at radius 3 is 2.60 bits per heavy atom. The van der Waals surface area contributed by atoms with Crippen molar-refractivity contribution in [2.75, 3.05) is 24.3 Å². The highest BCUT2D eigenvalue weighted by Crippen LogP contribution is 2.58. The summed E-state index contributed by atoms with van der Waals surface area (Å²) in [6.07, 6.45) is 9.33. The minimum Gasteiger partial charge on any atom is -0.384 e. The molecule has 1 aromatic carbocycles. The quantitative estimate of drug-likeness (QED) is 0.794. The Labute approximate surface area is 158 Å². The molecule has 4 atom stereocenters. The van der Waals surface area contributed by atoms with Crippen molar-refractivity contribution in [3.8, 4) is 0 Å². The molecule has 6 heteroatoms. The number of allylic oxidation sites excluding steroid dienone is 2. The predicted octanol–water partition coefficient (Wildman–Crippen LogP) is 3.81. The van der Waals surface area contributed by atoms with Gasteiger partial charge in [-0.2, -0.15) is 0 Å². The Balaban J connectivity index is 1.69. The largest absolute Gasteiger partial charge is 0.384 e. The summed E-state index contributed by atoms with van der Waals surface area (Å²) in [6.45, 7) is 0. The summed E-state index contributed by atoms with van der Waals surface area (Å²) in [5.41, 5.74) is -1.12. The monoisotopic (exact) mass is 393 g/mol. The number of benzene rings is 1. The number of hydrogen-bond acceptors (Lipinski definition) is 5. The minimum absolute atomic E-state index is 0.0214. The van der Waals surface area contributed by atoms with Crippen LogP contribution in [-0.4, -0.2) is 43.3 Å². The molecule has 3 nitrogen and oxygen atoms in total. The number of nitrogens with zero attached hydrogens (tertiary/aromatic N) is 1. The fraction of sp³-hybridized carbons (Fsp3) is 0.474. The highest BCUT2D eigenvalue weighted by molar-refractivity contribution is 8.21. The Hall–Kier alpha value is -0.690. The first kappa shape index (κ1) is 17.7. The summed E-state index contributed by atoms with van der Waals surface area (Å²) in [5.74, 6) is 2.79. The predicted molar refractivity (Wildman–Crippen MR) is 109 cm³/mol. The van der Waals surface area contributed by atoms with Crippen molar-refractivity contribution < 1.29 is 9.32 Å². The smallest absolute Gasteiger partial charge is 0.102 e. The summed E-state index contributed by atoms with van der Waals surface area (Å²) in [4.78, 5) is 0.696. The second-order valence-corrected chi connectivity index (χ2v) is 12.4. The number of hydrogen-bond donors (Lipinski definition) is 1. The molecule has 0 saturated carbocycles. The molecule has 25 heavy (non-hydrogen) atoms. The number of rotatable bonds is 3. The van der Waals surface area contributed by atoms with Crippen LogP contribution in [0.5, 0.6) is 0 Å². The molecule has 1 fully saturated rings. The molecule has 0 amide bonds. The van der Waals surface area contributed by atoms with E-state index in [2.05, 4.69) is 22.6 Å². The van der Waals surface area contributed by atoms with Crippen LogP contribution in [0.3, 0.4) is 0 Å². The molecule has 1 heterocycles. The summed E-state index contributed by atoms with van der Waals surface area (Å²) in [5, 5.41) is 11.5. The third kappa shape index (κ3) is 3.01. The highest BCUT2D eigenvalue weighted by atomic mass is 32.2. The molecule has 1 aliphatic heterocycles. The Kier molecular flexibility index (Phi) is 4.59. The minimum atomic E-state index is -2.66. The third-order valence-electron chi connectivity index (χ3n) is 5.41. The van der Waals surface area contributed by atoms with Gasteiger partial charge in [0.2, 0.25) is 0 Å². The van der Waals surface area contributed by atoms with Crippen LogP contribution in [0.2, 0.25) is 0 Å². The Bertz CT molecular complexity index is 820. The van der Waals surface area contributed by atoms with E-state index in [9.17, 15) is 9.32 Å². The molecule has 134 valence electrons. The molecule has 1 aromatic rings. The van der Waals surface area contributed by atoms with Crippen molar-refractivity contribution in [2.45, 2.75) is 21.0 Å². The molecule has 4 aliphatic rings. The lowest BCUT2D eigenvalue weighted by Crippen LogP contribution is -2.44. The summed E-state index contributed by atoms with van der Waals surface area (Å²) in [6, 6.07) is 9.34. The first-order chi connectivity index (χ1) is 12.0. The molecular weight excluding hydrogens is 370 g/mol. The number of thioether (sulfide) groups is 2. The van der Waals surface area contributed by atoms with Crippen LogP contribution < -0.4 is 0 Å². The molecule has 0 aromatic heterocycles. The van der Waals surface area contributed by atoms with Crippen molar-refractivity contribution >= 4 is 33.3 Å². The highest BCUT2D eigenvalue weighted by Gasteiger charge is 2.51. The lowest BCUT2D eigenvalue weighted by Gasteiger charge is -2.40. The third-order valence-corrected chi connectivity index (χ3v) is 11.5. The Morgan fingerprint density at radius 1 is 1.20 bits per heavy atom. The van der Waals surface area contributed by atoms with Gasteiger partial charge in [-0.25, -0.2) is 8.57 Å². The van der Waals surface area contributed by atoms with Gasteiger partial charge in [0.15, 0.2) is 0 Å². The Morgan fingerprint density at radius 2 is 1.92 bits per heavy atom. The summed E-state index contributed by atoms with van der Waals surface area (Å²) >= 11 is 4.04. The fourth-order valence-electron chi connectivity index (χ4n) is 3.99. The van der Waals surface area contributed by atoms with Crippen LogP contribution in [0, 0.1) is 11.8 Å². The van der Waals surface area contributed by atoms with Gasteiger partial charge in [-0.15, -0.1) is 23.5 Å². The van der Waals surface area contributed by atoms with Crippen molar-refractivity contribution in [1.82, 2.24) is 0 Å². The van der Waals surface area contributed by atoms with Gasteiger partial charge in [0.25, 0.3) is 0 Å². The van der Waals surface area contributed by atoms with Crippen molar-refractivity contribution in [2.24, 2.45) is 16.2 Å². The molecular formula is C19H23NO2S3. The van der Waals surface area contributed by atoms with Crippen LogP contribution in [-0.2, 0) is 9.73 Å². The molecule has 1 saturated heterocycles. The van der Waals surface area contributed by atoms with Gasteiger partial charge in [-0.1, -0.05) is 42.5 Å². The average molecular weight is 394 g/mol. The molecule has 2 bridgehead atoms. The SMILES string of the molecule is CN=[S@@](=O)(C[C@]1(O)C=C[C@H]2C=C[C@@H]1CC21SCCS1)c1ccccc1. The fourth-order valence-corrected chi connectivity index (χ4v) is 9.51. The molecule has 1 N–H and O–H groups in total. The van der Waals surface area contributed by atoms with Gasteiger partial charge in [0, 0.05) is 35.3 Å². The molecule has 5 rings (SSSR count). The van der Waals surface area contributed by atoms with E-state index in [0.717, 1.165) is 6.42 Å². The van der Waals surface area contributed by atoms with E-state index in [0.29, 0.717) is 10.8 Å². The van der Waals surface area contributed by atoms with Crippen LogP contribution in [0.15, 0.2) is 63.9 Å². The maximum absolute atomic E-state index is 13.5. The zero-order valence-corrected chi connectivity index (χ0v) is 16.7. The average Bonchev–Trinajstić information content (AvgIpc) is 2.99. The summed E-state index contributed by atoms with van der Waals surface area (Å²) < 4.78 is 17.9. The van der Waals surface area contributed by atoms with Gasteiger partial charge >= 0.3 is 0 Å². The van der Waals surface area contributed by atoms with Crippen LogP contribution >= 0.6 is 23.5 Å². The van der Waals surface area contributed by atoms with Crippen molar-refractivity contribution in [1.29, 1.82) is 0 Å². The van der Waals surface area contributed by atoms with E-state index in [-0.39, 0.29) is 15.7 Å². The maximum Gasteiger partial charge on any atom is 0.102 e. The second-order valence-electron chi connectivity index (χ2n) is 6.86. The first-order valence-corrected chi connectivity index (χ1v) is 12.2. The van der Waals surface area contributed by atoms with Gasteiger partial charge in [-0.3, -0.25) is 0 Å². The van der Waals surface area contributed by atoms with Crippen LogP contribution in [0.25, 0.3) is 0 Å². The van der Waals surface area contributed by atoms with E-state index in [1.54, 1.807) is 7.05 Å². The van der Waals surface area contributed by atoms with E-state index < -0.39 is 15.3 Å². The van der Waals surface area contributed by atoms with Gasteiger partial charge < -0.3 is 5.11 Å². The van der Waals surface area contributed by atoms with Crippen molar-refractivity contribution in [3.05, 3.63) is 54.6 Å². The van der Waals surface area contributed by atoms with E-state index >= 15 is 0 Å². The first-order valence-electron chi connectivity index (χ1n) is 8.56. The second kappa shape index (κ2) is 6.48. The molecule has 3 aliphatic carbocycles. The molecule has 1 spiro atoms. The van der Waals surface area contributed by atoms with E-state index in [4.69, 9.17) is 0 Å². The lowest BCUT2D eigenvalue weighted by atomic mass is 9.82. The van der Waals surface area contributed by atoms with Crippen LogP contribution in [0.4, 0.5) is 0 Å². The topological polar surface area (TPSA) is 49.7 Å². The summed E-state index contributed by atoms with van der Waals surface area (Å²) in [7, 11) is -1.07. The van der Waals surface area contributed by atoms with Crippen LogP contribution in [0.1, 0.15) is 6.42 Å². The normalized spacial score (nSPS) is 34.8. The van der Waals surface area contributed by atoms with Gasteiger partial charge in [-0.05, 0) is 18.6 Å². The zero-order chi connectivity index (χ0) is 17.5. The number of aliphatic hydroxyl groups is 1. The van der Waals surface area contributed by atoms with Crippen molar-refractivity contribution in [3.63, 3.8) is 0 Å². The standard InChI is InChI=1S/C19H23NO2S3/c1-20-25(22,17-5-3-2-4-6-17)14-18(21)10-9-15-7-8-16(18)13-19(15)23-11-12-24-19/h2-10,15-16,21H,11-14H2,1H3/t15-,16-,18-,25-/m1/s1. The molecule has 0 unspecified atom stereocenters. The van der Waals surface area contributed by atoms with E-state index in [1.807, 2.05) is 59.9 Å². The van der Waals surface area contributed by atoms with Gasteiger partial charge in [0.05, 0.1) is 19.6 Å². The van der Waals surface area contributed by atoms with E-state index in [1.165, 1.54) is 11.5 Å².